The van der Waals surface area contributed by atoms with Gasteiger partial charge in [0.15, 0.2) is 11.5 Å². The van der Waals surface area contributed by atoms with E-state index in [1.165, 1.54) is 6.21 Å². The molecule has 0 radical (unpaired) electrons. The molecule has 0 aromatic heterocycles. The number of hydrogen-bond donors (Lipinski definition) is 2. The van der Waals surface area contributed by atoms with Crippen molar-refractivity contribution >= 4 is 41.3 Å². The first-order chi connectivity index (χ1) is 19.4. The number of esters is 1. The van der Waals surface area contributed by atoms with Gasteiger partial charge in [-0.1, -0.05) is 41.9 Å². The maximum absolute atomic E-state index is 12.5. The summed E-state index contributed by atoms with van der Waals surface area (Å²) in [5.74, 6) is -0.515. The molecule has 4 aromatic rings. The zero-order valence-corrected chi connectivity index (χ0v) is 22.4. The Hall–Kier alpha value is -4.95. The van der Waals surface area contributed by atoms with Crippen molar-refractivity contribution in [3.8, 4) is 11.5 Å². The second-order valence-electron chi connectivity index (χ2n) is 8.52. The molecule has 202 valence electrons. The minimum atomic E-state index is -0.548. The molecule has 2 N–H and O–H groups in total. The topological polar surface area (TPSA) is 106 Å². The van der Waals surface area contributed by atoms with Crippen LogP contribution >= 0.6 is 11.6 Å². The Labute approximate surface area is 236 Å². The molecule has 4 aromatic carbocycles. The van der Waals surface area contributed by atoms with E-state index in [-0.39, 0.29) is 18.1 Å². The highest BCUT2D eigenvalue weighted by Crippen LogP contribution is 2.29. The van der Waals surface area contributed by atoms with Gasteiger partial charge in [0.1, 0.15) is 0 Å². The minimum Gasteiger partial charge on any atom is -0.490 e. The van der Waals surface area contributed by atoms with E-state index < -0.39 is 11.9 Å². The first kappa shape index (κ1) is 28.1. The molecule has 0 fully saturated rings. The van der Waals surface area contributed by atoms with Crippen LogP contribution < -0.4 is 20.2 Å². The Kier molecular flexibility index (Phi) is 9.63. The number of anilines is 1. The molecular weight excluding hydrogens is 530 g/mol. The number of ether oxygens (including phenoxy) is 2. The van der Waals surface area contributed by atoms with Gasteiger partial charge in [0.05, 0.1) is 24.8 Å². The summed E-state index contributed by atoms with van der Waals surface area (Å²) < 4.78 is 11.1. The number of halogens is 1. The fourth-order valence-corrected chi connectivity index (χ4v) is 3.75. The lowest BCUT2D eigenvalue weighted by Gasteiger charge is -2.11. The van der Waals surface area contributed by atoms with Crippen LogP contribution in [0.3, 0.4) is 0 Å². The number of benzene rings is 4. The molecule has 0 aliphatic carbocycles. The number of nitrogens with zero attached hydrogens (tertiary/aromatic N) is 1. The Bertz CT molecular complexity index is 1500. The van der Waals surface area contributed by atoms with Crippen LogP contribution in [0.4, 0.5) is 5.69 Å². The van der Waals surface area contributed by atoms with Gasteiger partial charge in [0.2, 0.25) is 5.91 Å². The molecule has 0 saturated heterocycles. The van der Waals surface area contributed by atoms with Crippen molar-refractivity contribution in [3.63, 3.8) is 0 Å². The molecule has 9 heteroatoms. The lowest BCUT2D eigenvalue weighted by molar-refractivity contribution is -0.115. The highest BCUT2D eigenvalue weighted by Gasteiger charge is 2.13. The van der Waals surface area contributed by atoms with Crippen molar-refractivity contribution in [2.24, 2.45) is 5.10 Å². The quantitative estimate of drug-likeness (QED) is 0.110. The number of hydrazone groups is 1. The monoisotopic (exact) mass is 555 g/mol. The molecule has 0 bridgehead atoms. The number of rotatable bonds is 10. The molecule has 0 heterocycles. The molecule has 8 nitrogen and oxygen atoms in total. The number of hydrogen-bond acceptors (Lipinski definition) is 6. The molecule has 0 saturated carbocycles. The molecule has 2 amide bonds. The van der Waals surface area contributed by atoms with Crippen molar-refractivity contribution in [2.45, 2.75) is 13.3 Å². The van der Waals surface area contributed by atoms with Crippen molar-refractivity contribution in [1.29, 1.82) is 0 Å². The molecule has 0 aliphatic heterocycles. The Morgan fingerprint density at radius 3 is 2.25 bits per heavy atom. The predicted octanol–water partition coefficient (Wildman–Crippen LogP) is 5.90. The van der Waals surface area contributed by atoms with Crippen molar-refractivity contribution in [3.05, 3.63) is 124 Å². The summed E-state index contributed by atoms with van der Waals surface area (Å²) in [6.07, 6.45) is 1.71. The van der Waals surface area contributed by atoms with Gasteiger partial charge in [-0.3, -0.25) is 9.59 Å². The summed E-state index contributed by atoms with van der Waals surface area (Å²) in [5.41, 5.74) is 5.31. The van der Waals surface area contributed by atoms with Crippen molar-refractivity contribution < 1.29 is 23.9 Å². The lowest BCUT2D eigenvalue weighted by Crippen LogP contribution is -2.18. The van der Waals surface area contributed by atoms with Crippen LogP contribution in [0.25, 0.3) is 0 Å². The van der Waals surface area contributed by atoms with E-state index in [0.29, 0.717) is 39.8 Å². The smallest absolute Gasteiger partial charge is 0.343 e. The zero-order chi connectivity index (χ0) is 28.3. The van der Waals surface area contributed by atoms with Crippen LogP contribution in [0.2, 0.25) is 5.02 Å². The second kappa shape index (κ2) is 13.7. The van der Waals surface area contributed by atoms with Gasteiger partial charge in [-0.15, -0.1) is 0 Å². The summed E-state index contributed by atoms with van der Waals surface area (Å²) in [5, 5.41) is 7.34. The summed E-state index contributed by atoms with van der Waals surface area (Å²) >= 11 is 5.88. The summed E-state index contributed by atoms with van der Waals surface area (Å²) in [6, 6.07) is 27.2. The van der Waals surface area contributed by atoms with E-state index in [1.54, 1.807) is 66.7 Å². The average molecular weight is 556 g/mol. The van der Waals surface area contributed by atoms with E-state index in [0.717, 1.165) is 5.56 Å². The average Bonchev–Trinajstić information content (AvgIpc) is 2.95. The highest BCUT2D eigenvalue weighted by molar-refractivity contribution is 6.30. The van der Waals surface area contributed by atoms with Crippen LogP contribution in [-0.4, -0.2) is 30.6 Å². The molecule has 4 rings (SSSR count). The van der Waals surface area contributed by atoms with Gasteiger partial charge in [-0.05, 0) is 84.8 Å². The maximum Gasteiger partial charge on any atom is 0.343 e. The minimum absolute atomic E-state index is 0.148. The van der Waals surface area contributed by atoms with Gasteiger partial charge >= 0.3 is 5.97 Å². The fourth-order valence-electron chi connectivity index (χ4n) is 3.62. The predicted molar refractivity (Wildman–Crippen MR) is 154 cm³/mol. The maximum atomic E-state index is 12.5. The Morgan fingerprint density at radius 1 is 0.850 bits per heavy atom. The highest BCUT2D eigenvalue weighted by atomic mass is 35.5. The van der Waals surface area contributed by atoms with Gasteiger partial charge < -0.3 is 14.8 Å². The van der Waals surface area contributed by atoms with E-state index in [4.69, 9.17) is 21.1 Å². The Balaban J connectivity index is 1.33. The summed E-state index contributed by atoms with van der Waals surface area (Å²) in [6.45, 7) is 2.16. The van der Waals surface area contributed by atoms with E-state index in [2.05, 4.69) is 15.8 Å². The second-order valence-corrected chi connectivity index (χ2v) is 8.96. The van der Waals surface area contributed by atoms with Crippen LogP contribution in [0, 0.1) is 0 Å². The van der Waals surface area contributed by atoms with Gasteiger partial charge in [-0.2, -0.15) is 5.10 Å². The third kappa shape index (κ3) is 8.02. The van der Waals surface area contributed by atoms with E-state index >= 15 is 0 Å². The standard InChI is InChI=1S/C31H26ClN3O5/c1-2-39-28-18-22(8-17-27(28)40-31(38)24-9-13-25(32)14-10-24)20-33-35-30(37)23-11-15-26(16-12-23)34-29(36)19-21-6-4-3-5-7-21/h3-18,20H,2,19H2,1H3,(H,34,36)(H,35,37)/b33-20-. The van der Waals surface area contributed by atoms with E-state index in [9.17, 15) is 14.4 Å². The first-order valence-electron chi connectivity index (χ1n) is 12.4. The normalized spacial score (nSPS) is 10.7. The molecule has 0 spiro atoms. The molecule has 0 unspecified atom stereocenters. The first-order valence-corrected chi connectivity index (χ1v) is 12.8. The number of amides is 2. The zero-order valence-electron chi connectivity index (χ0n) is 21.6. The van der Waals surface area contributed by atoms with E-state index in [1.807, 2.05) is 37.3 Å². The van der Waals surface area contributed by atoms with Gasteiger partial charge in [0, 0.05) is 16.3 Å². The number of carbonyl (C=O) groups is 3. The third-order valence-corrected chi connectivity index (χ3v) is 5.82. The third-order valence-electron chi connectivity index (χ3n) is 5.57. The van der Waals surface area contributed by atoms with Crippen LogP contribution in [0.5, 0.6) is 11.5 Å². The van der Waals surface area contributed by atoms with Crippen LogP contribution in [-0.2, 0) is 11.2 Å². The van der Waals surface area contributed by atoms with Gasteiger partial charge in [0.25, 0.3) is 5.91 Å². The molecule has 0 aliphatic rings. The molecule has 0 atom stereocenters. The number of carbonyl (C=O) groups excluding carboxylic acids is 3. The summed E-state index contributed by atoms with van der Waals surface area (Å²) in [4.78, 5) is 37.2. The van der Waals surface area contributed by atoms with Crippen LogP contribution in [0.1, 0.15) is 38.8 Å². The molecule has 40 heavy (non-hydrogen) atoms. The van der Waals surface area contributed by atoms with Crippen molar-refractivity contribution in [2.75, 3.05) is 11.9 Å². The SMILES string of the molecule is CCOc1cc(/C=N\NC(=O)c2ccc(NC(=O)Cc3ccccc3)cc2)ccc1OC(=O)c1ccc(Cl)cc1. The molecular formula is C31H26ClN3O5. The Morgan fingerprint density at radius 2 is 1.55 bits per heavy atom. The lowest BCUT2D eigenvalue weighted by atomic mass is 10.1. The van der Waals surface area contributed by atoms with Crippen molar-refractivity contribution in [1.82, 2.24) is 5.43 Å². The largest absolute Gasteiger partial charge is 0.490 e. The fraction of sp³-hybridized carbons (Fsp3) is 0.0968. The van der Waals surface area contributed by atoms with Crippen LogP contribution in [0.15, 0.2) is 102 Å². The van der Waals surface area contributed by atoms with Gasteiger partial charge in [-0.25, -0.2) is 10.2 Å². The number of nitrogens with one attached hydrogen (secondary N) is 2. The summed E-state index contributed by atoms with van der Waals surface area (Å²) in [7, 11) is 0.